The van der Waals surface area contributed by atoms with Gasteiger partial charge in [0.2, 0.25) is 11.7 Å². The minimum Gasteiger partial charge on any atom is -0.339 e. The van der Waals surface area contributed by atoms with Crippen molar-refractivity contribution in [3.63, 3.8) is 0 Å². The van der Waals surface area contributed by atoms with Gasteiger partial charge in [-0.15, -0.1) is 0 Å². The molecular weight excluding hydrogens is 352 g/mol. The first-order valence-electron chi connectivity index (χ1n) is 9.68. The van der Waals surface area contributed by atoms with Gasteiger partial charge in [-0.25, -0.2) is 4.79 Å². The zero-order valence-electron chi connectivity index (χ0n) is 16.1. The lowest BCUT2D eigenvalue weighted by Gasteiger charge is -2.18. The number of aromatic nitrogens is 2. The zero-order chi connectivity index (χ0) is 19.5. The molecule has 144 valence electrons. The molecule has 0 aliphatic carbocycles. The number of hydrogen-bond donors (Lipinski definition) is 1. The number of nitrogens with one attached hydrogen (secondary N) is 1. The summed E-state index contributed by atoms with van der Waals surface area (Å²) >= 11 is 0. The van der Waals surface area contributed by atoms with E-state index < -0.39 is 0 Å². The summed E-state index contributed by atoms with van der Waals surface area (Å²) < 4.78 is 5.54. The van der Waals surface area contributed by atoms with E-state index in [9.17, 15) is 4.79 Å². The molecule has 28 heavy (non-hydrogen) atoms. The second-order valence-corrected chi connectivity index (χ2v) is 7.25. The molecule has 6 heteroatoms. The van der Waals surface area contributed by atoms with Crippen molar-refractivity contribution in [2.45, 2.75) is 26.2 Å². The third-order valence-corrected chi connectivity index (χ3v) is 5.33. The standard InChI is InChI=1S/C22H24N4O2/c1-3-16-9-7-8-12-19(16)23-22(27)26-13-15(2)18(14-26)21-24-20(25-28-21)17-10-5-4-6-11-17/h4-12,15,18H,3,13-14H2,1-2H3,(H,23,27)/t15-,18-/m0/s1. The van der Waals surface area contributed by atoms with Crippen molar-refractivity contribution in [1.29, 1.82) is 0 Å². The lowest BCUT2D eigenvalue weighted by molar-refractivity contribution is 0.220. The van der Waals surface area contributed by atoms with Crippen LogP contribution in [-0.4, -0.2) is 34.2 Å². The van der Waals surface area contributed by atoms with Gasteiger partial charge in [0.15, 0.2) is 0 Å². The Morgan fingerprint density at radius 1 is 1.14 bits per heavy atom. The Labute approximate surface area is 164 Å². The molecule has 0 saturated carbocycles. The van der Waals surface area contributed by atoms with E-state index in [1.54, 1.807) is 0 Å². The molecule has 1 aromatic heterocycles. The molecule has 1 N–H and O–H groups in total. The van der Waals surface area contributed by atoms with Gasteiger partial charge in [-0.1, -0.05) is 67.5 Å². The van der Waals surface area contributed by atoms with Crippen LogP contribution in [0.5, 0.6) is 0 Å². The SMILES string of the molecule is CCc1ccccc1NC(=O)N1C[C@H](c2nc(-c3ccccc3)no2)[C@@H](C)C1. The maximum absolute atomic E-state index is 12.8. The number of aryl methyl sites for hydroxylation is 1. The van der Waals surface area contributed by atoms with E-state index in [4.69, 9.17) is 4.52 Å². The molecular formula is C22H24N4O2. The van der Waals surface area contributed by atoms with Crippen LogP contribution < -0.4 is 5.32 Å². The Morgan fingerprint density at radius 2 is 1.89 bits per heavy atom. The average Bonchev–Trinajstić information content (AvgIpc) is 3.36. The van der Waals surface area contributed by atoms with Crippen molar-refractivity contribution in [3.8, 4) is 11.4 Å². The van der Waals surface area contributed by atoms with Gasteiger partial charge in [-0.05, 0) is 24.0 Å². The molecule has 1 saturated heterocycles. The number of hydrogen-bond acceptors (Lipinski definition) is 4. The number of rotatable bonds is 4. The number of para-hydroxylation sites is 1. The molecule has 0 radical (unpaired) electrons. The van der Waals surface area contributed by atoms with Crippen LogP contribution in [0.3, 0.4) is 0 Å². The van der Waals surface area contributed by atoms with Gasteiger partial charge in [0.25, 0.3) is 0 Å². The number of carbonyl (C=O) groups excluding carboxylic acids is 1. The molecule has 3 aromatic rings. The first-order valence-corrected chi connectivity index (χ1v) is 9.68. The lowest BCUT2D eigenvalue weighted by atomic mass is 9.98. The van der Waals surface area contributed by atoms with E-state index in [2.05, 4.69) is 29.3 Å². The largest absolute Gasteiger partial charge is 0.339 e. The Hall–Kier alpha value is -3.15. The average molecular weight is 376 g/mol. The van der Waals surface area contributed by atoms with Crippen molar-refractivity contribution in [2.75, 3.05) is 18.4 Å². The molecule has 0 spiro atoms. The fourth-order valence-electron chi connectivity index (χ4n) is 3.69. The van der Waals surface area contributed by atoms with Crippen LogP contribution in [0, 0.1) is 5.92 Å². The topological polar surface area (TPSA) is 71.3 Å². The van der Waals surface area contributed by atoms with Crippen LogP contribution in [0.2, 0.25) is 0 Å². The number of nitrogens with zero attached hydrogens (tertiary/aromatic N) is 3. The highest BCUT2D eigenvalue weighted by molar-refractivity contribution is 5.90. The van der Waals surface area contributed by atoms with E-state index in [1.807, 2.05) is 59.5 Å². The normalized spacial score (nSPS) is 19.0. The van der Waals surface area contributed by atoms with Crippen LogP contribution >= 0.6 is 0 Å². The number of benzene rings is 2. The molecule has 0 bridgehead atoms. The number of likely N-dealkylation sites (tertiary alicyclic amines) is 1. The molecule has 4 rings (SSSR count). The van der Waals surface area contributed by atoms with E-state index in [-0.39, 0.29) is 17.9 Å². The molecule has 2 atom stereocenters. The van der Waals surface area contributed by atoms with Crippen molar-refractivity contribution < 1.29 is 9.32 Å². The quantitative estimate of drug-likeness (QED) is 0.724. The zero-order valence-corrected chi connectivity index (χ0v) is 16.1. The minimum absolute atomic E-state index is 0.0390. The summed E-state index contributed by atoms with van der Waals surface area (Å²) in [7, 11) is 0. The minimum atomic E-state index is -0.0851. The maximum atomic E-state index is 12.8. The molecule has 2 aromatic carbocycles. The van der Waals surface area contributed by atoms with E-state index >= 15 is 0 Å². The van der Waals surface area contributed by atoms with Crippen LogP contribution in [0.4, 0.5) is 10.5 Å². The molecule has 1 aliphatic rings. The summed E-state index contributed by atoms with van der Waals surface area (Å²) in [5.74, 6) is 1.46. The van der Waals surface area contributed by atoms with E-state index in [1.165, 1.54) is 0 Å². The third-order valence-electron chi connectivity index (χ3n) is 5.33. The number of anilines is 1. The monoisotopic (exact) mass is 376 g/mol. The van der Waals surface area contributed by atoms with Crippen molar-refractivity contribution >= 4 is 11.7 Å². The highest BCUT2D eigenvalue weighted by Crippen LogP contribution is 2.33. The van der Waals surface area contributed by atoms with Crippen LogP contribution in [0.25, 0.3) is 11.4 Å². The Balaban J connectivity index is 1.46. The molecule has 2 amide bonds. The van der Waals surface area contributed by atoms with Gasteiger partial charge in [-0.3, -0.25) is 0 Å². The maximum Gasteiger partial charge on any atom is 0.321 e. The van der Waals surface area contributed by atoms with Crippen LogP contribution in [0.1, 0.15) is 31.2 Å². The highest BCUT2D eigenvalue weighted by Gasteiger charge is 2.37. The summed E-state index contributed by atoms with van der Waals surface area (Å²) in [6.45, 7) is 5.43. The fourth-order valence-corrected chi connectivity index (χ4v) is 3.69. The number of urea groups is 1. The van der Waals surface area contributed by atoms with Gasteiger partial charge in [0.05, 0.1) is 5.92 Å². The lowest BCUT2D eigenvalue weighted by Crippen LogP contribution is -2.33. The van der Waals surface area contributed by atoms with E-state index in [0.717, 1.165) is 23.2 Å². The Kier molecular flexibility index (Phi) is 5.10. The van der Waals surface area contributed by atoms with Crippen LogP contribution in [-0.2, 0) is 6.42 Å². The third kappa shape index (κ3) is 3.63. The molecule has 0 unspecified atom stereocenters. The van der Waals surface area contributed by atoms with Crippen molar-refractivity contribution in [3.05, 3.63) is 66.1 Å². The molecule has 2 heterocycles. The first-order chi connectivity index (χ1) is 13.7. The van der Waals surface area contributed by atoms with Gasteiger partial charge < -0.3 is 14.7 Å². The van der Waals surface area contributed by atoms with Gasteiger partial charge in [-0.2, -0.15) is 4.98 Å². The van der Waals surface area contributed by atoms with E-state index in [0.29, 0.717) is 24.8 Å². The van der Waals surface area contributed by atoms with Crippen molar-refractivity contribution in [1.82, 2.24) is 15.0 Å². The Morgan fingerprint density at radius 3 is 2.68 bits per heavy atom. The first kappa shape index (κ1) is 18.2. The second kappa shape index (κ2) is 7.84. The number of carbonyl (C=O) groups is 1. The van der Waals surface area contributed by atoms with Gasteiger partial charge in [0.1, 0.15) is 0 Å². The predicted octanol–water partition coefficient (Wildman–Crippen LogP) is 4.57. The van der Waals surface area contributed by atoms with Crippen molar-refractivity contribution in [2.24, 2.45) is 5.92 Å². The fraction of sp³-hybridized carbons (Fsp3) is 0.318. The molecule has 1 fully saturated rings. The summed E-state index contributed by atoms with van der Waals surface area (Å²) in [6, 6.07) is 17.6. The second-order valence-electron chi connectivity index (χ2n) is 7.25. The van der Waals surface area contributed by atoms with Gasteiger partial charge in [0, 0.05) is 24.3 Å². The number of amides is 2. The van der Waals surface area contributed by atoms with Gasteiger partial charge >= 0.3 is 6.03 Å². The summed E-state index contributed by atoms with van der Waals surface area (Å²) in [4.78, 5) is 19.2. The summed E-state index contributed by atoms with van der Waals surface area (Å²) in [6.07, 6.45) is 0.875. The molecule has 1 aliphatic heterocycles. The molecule has 6 nitrogen and oxygen atoms in total. The summed E-state index contributed by atoms with van der Waals surface area (Å²) in [5, 5.41) is 7.17. The Bertz CT molecular complexity index is 954. The predicted molar refractivity (Wildman–Crippen MR) is 108 cm³/mol. The van der Waals surface area contributed by atoms with Crippen LogP contribution in [0.15, 0.2) is 59.1 Å². The smallest absolute Gasteiger partial charge is 0.321 e. The summed E-state index contributed by atoms with van der Waals surface area (Å²) in [5.41, 5.74) is 2.92. The highest BCUT2D eigenvalue weighted by atomic mass is 16.5.